The van der Waals surface area contributed by atoms with Gasteiger partial charge >= 0.3 is 0 Å². The molecule has 27 heavy (non-hydrogen) atoms. The van der Waals surface area contributed by atoms with E-state index in [0.29, 0.717) is 11.8 Å². The Balaban J connectivity index is 1.81. The number of ether oxygens (including phenoxy) is 1. The minimum Gasteiger partial charge on any atom is -0.388 e. The molecule has 4 aliphatic carbocycles. The van der Waals surface area contributed by atoms with Crippen LogP contribution in [0, 0.1) is 28.6 Å². The van der Waals surface area contributed by atoms with Crippen molar-refractivity contribution in [3.63, 3.8) is 0 Å². The van der Waals surface area contributed by atoms with Crippen molar-refractivity contribution in [2.75, 3.05) is 13.7 Å². The van der Waals surface area contributed by atoms with Gasteiger partial charge in [-0.15, -0.1) is 0 Å². The molecule has 2 fully saturated rings. The molecule has 146 valence electrons. The van der Waals surface area contributed by atoms with Gasteiger partial charge in [0.05, 0.1) is 5.60 Å². The van der Waals surface area contributed by atoms with E-state index in [9.17, 15) is 14.7 Å². The van der Waals surface area contributed by atoms with Crippen molar-refractivity contribution >= 4 is 11.6 Å². The number of hydrogen-bond donors (Lipinski definition) is 1. The summed E-state index contributed by atoms with van der Waals surface area (Å²) in [5, 5.41) is 9.47. The first-order valence-corrected chi connectivity index (χ1v) is 10.0. The van der Waals surface area contributed by atoms with Crippen molar-refractivity contribution in [3.8, 4) is 0 Å². The number of hydrogen-bond acceptors (Lipinski definition) is 4. The number of carbonyl (C=O) groups excluding carboxylic acids is 2. The standard InChI is InChI=1S/C23H30O4/c1-21-10-9-15(25)11-14(21)5-6-16-17-7-8-18(19(26)12-24)22(17,2)13-23(3,27-4)20(16)21/h8-11,16-17,20,24H,5-7,12-13H2,1-4H3/t16-,17-,20-,21-,22-,23?/m0/s1. The van der Waals surface area contributed by atoms with Crippen molar-refractivity contribution in [2.45, 2.75) is 52.1 Å². The molecule has 2 saturated carbocycles. The van der Waals surface area contributed by atoms with Crippen molar-refractivity contribution < 1.29 is 19.4 Å². The zero-order valence-corrected chi connectivity index (χ0v) is 16.7. The fourth-order valence-electron chi connectivity index (χ4n) is 7.20. The molecular weight excluding hydrogens is 340 g/mol. The molecule has 0 aliphatic heterocycles. The predicted octanol–water partition coefficient (Wildman–Crippen LogP) is 3.41. The maximum Gasteiger partial charge on any atom is 0.184 e. The lowest BCUT2D eigenvalue weighted by molar-refractivity contribution is -0.175. The number of methoxy groups -OCH3 is 1. The monoisotopic (exact) mass is 370 g/mol. The zero-order valence-electron chi connectivity index (χ0n) is 16.7. The van der Waals surface area contributed by atoms with E-state index in [1.54, 1.807) is 13.2 Å². The van der Waals surface area contributed by atoms with E-state index < -0.39 is 12.2 Å². The highest BCUT2D eigenvalue weighted by atomic mass is 16.5. The first-order chi connectivity index (χ1) is 12.7. The molecule has 0 radical (unpaired) electrons. The summed E-state index contributed by atoms with van der Waals surface area (Å²) in [6.07, 6.45) is 11.3. The first-order valence-electron chi connectivity index (χ1n) is 10.0. The van der Waals surface area contributed by atoms with Crippen LogP contribution in [0.25, 0.3) is 0 Å². The number of carbonyl (C=O) groups is 2. The first kappa shape index (κ1) is 18.8. The van der Waals surface area contributed by atoms with Crippen LogP contribution in [0.2, 0.25) is 0 Å². The minimum absolute atomic E-state index is 0.0825. The molecular formula is C23H30O4. The summed E-state index contributed by atoms with van der Waals surface area (Å²) in [4.78, 5) is 24.4. The van der Waals surface area contributed by atoms with Crippen LogP contribution < -0.4 is 0 Å². The molecule has 0 aromatic heterocycles. The number of rotatable bonds is 3. The number of aliphatic hydroxyl groups is 1. The summed E-state index contributed by atoms with van der Waals surface area (Å²) in [6, 6.07) is 0. The Kier molecular flexibility index (Phi) is 4.17. The van der Waals surface area contributed by atoms with Gasteiger partial charge in [-0.25, -0.2) is 0 Å². The molecule has 0 aromatic rings. The Labute approximate surface area is 161 Å². The van der Waals surface area contributed by atoms with E-state index in [4.69, 9.17) is 4.74 Å². The lowest BCUT2D eigenvalue weighted by atomic mass is 9.43. The highest BCUT2D eigenvalue weighted by Crippen LogP contribution is 2.67. The lowest BCUT2D eigenvalue weighted by Gasteiger charge is -2.63. The van der Waals surface area contributed by atoms with E-state index in [0.717, 1.165) is 31.3 Å². The average Bonchev–Trinajstić information content (AvgIpc) is 2.97. The second-order valence-electron chi connectivity index (χ2n) is 9.52. The molecule has 0 amide bonds. The van der Waals surface area contributed by atoms with Crippen molar-refractivity contribution in [2.24, 2.45) is 28.6 Å². The van der Waals surface area contributed by atoms with Crippen LogP contribution in [-0.2, 0) is 14.3 Å². The number of ketones is 2. The SMILES string of the molecule is COC1(C)C[C@]2(C)C(C(=O)CO)=CC[C@H]2[C@@H]2CCC3=CC(=O)C=C[C@]3(C)[C@H]21. The molecule has 6 atom stereocenters. The fourth-order valence-corrected chi connectivity index (χ4v) is 7.20. The van der Waals surface area contributed by atoms with Crippen LogP contribution in [0.4, 0.5) is 0 Å². The molecule has 4 rings (SSSR count). The van der Waals surface area contributed by atoms with Crippen LogP contribution in [0.1, 0.15) is 46.5 Å². The number of allylic oxidation sites excluding steroid dienone is 5. The molecule has 0 bridgehead atoms. The van der Waals surface area contributed by atoms with Crippen molar-refractivity contribution in [3.05, 3.63) is 35.5 Å². The third kappa shape index (κ3) is 2.42. The molecule has 4 heteroatoms. The fraction of sp³-hybridized carbons (Fsp3) is 0.652. The zero-order chi connectivity index (χ0) is 19.6. The van der Waals surface area contributed by atoms with Gasteiger partial charge in [-0.1, -0.05) is 31.6 Å². The number of fused-ring (bicyclic) bond motifs is 5. The summed E-state index contributed by atoms with van der Waals surface area (Å²) < 4.78 is 6.18. The van der Waals surface area contributed by atoms with Crippen LogP contribution in [0.5, 0.6) is 0 Å². The molecule has 0 saturated heterocycles. The highest BCUT2D eigenvalue weighted by Gasteiger charge is 2.64. The van der Waals surface area contributed by atoms with Gasteiger partial charge in [0.15, 0.2) is 11.6 Å². The molecule has 0 spiro atoms. The van der Waals surface area contributed by atoms with Gasteiger partial charge < -0.3 is 9.84 Å². The minimum atomic E-state index is -0.429. The summed E-state index contributed by atoms with van der Waals surface area (Å²) in [5.41, 5.74) is 1.15. The van der Waals surface area contributed by atoms with Gasteiger partial charge in [-0.3, -0.25) is 9.59 Å². The Morgan fingerprint density at radius 3 is 2.74 bits per heavy atom. The molecule has 0 heterocycles. The largest absolute Gasteiger partial charge is 0.388 e. The van der Waals surface area contributed by atoms with Crippen molar-refractivity contribution in [1.29, 1.82) is 0 Å². The summed E-state index contributed by atoms with van der Waals surface area (Å²) >= 11 is 0. The van der Waals surface area contributed by atoms with Gasteiger partial charge in [-0.2, -0.15) is 0 Å². The molecule has 1 unspecified atom stereocenters. The third-order valence-corrected chi connectivity index (χ3v) is 8.24. The predicted molar refractivity (Wildman–Crippen MR) is 103 cm³/mol. The third-order valence-electron chi connectivity index (χ3n) is 8.24. The van der Waals surface area contributed by atoms with E-state index in [2.05, 4.69) is 32.9 Å². The quantitative estimate of drug-likeness (QED) is 0.827. The van der Waals surface area contributed by atoms with E-state index >= 15 is 0 Å². The summed E-state index contributed by atoms with van der Waals surface area (Å²) in [5.74, 6) is 0.977. The van der Waals surface area contributed by atoms with Crippen LogP contribution in [-0.4, -0.2) is 36.0 Å². The van der Waals surface area contributed by atoms with Gasteiger partial charge in [0.2, 0.25) is 0 Å². The smallest absolute Gasteiger partial charge is 0.184 e. The Hall–Kier alpha value is -1.52. The normalized spacial score (nSPS) is 45.5. The van der Waals surface area contributed by atoms with Gasteiger partial charge in [-0.05, 0) is 62.2 Å². The molecule has 0 aromatic carbocycles. The van der Waals surface area contributed by atoms with E-state index in [1.165, 1.54) is 5.57 Å². The van der Waals surface area contributed by atoms with E-state index in [-0.39, 0.29) is 28.3 Å². The Bertz CT molecular complexity index is 790. The summed E-state index contributed by atoms with van der Waals surface area (Å²) in [6.45, 7) is 6.18. The topological polar surface area (TPSA) is 63.6 Å². The summed E-state index contributed by atoms with van der Waals surface area (Å²) in [7, 11) is 1.77. The second kappa shape index (κ2) is 5.99. The molecule has 4 aliphatic rings. The van der Waals surface area contributed by atoms with E-state index in [1.807, 2.05) is 6.08 Å². The Morgan fingerprint density at radius 2 is 2.07 bits per heavy atom. The van der Waals surface area contributed by atoms with Crippen LogP contribution in [0.3, 0.4) is 0 Å². The van der Waals surface area contributed by atoms with Crippen LogP contribution >= 0.6 is 0 Å². The molecule has 1 N–H and O–H groups in total. The average molecular weight is 370 g/mol. The number of Topliss-reactive ketones (excluding diaryl/α,β-unsaturated/α-hetero) is 1. The maximum absolute atomic E-state index is 12.4. The van der Waals surface area contributed by atoms with Crippen molar-refractivity contribution in [1.82, 2.24) is 0 Å². The lowest BCUT2D eigenvalue weighted by Crippen LogP contribution is -2.61. The number of aliphatic hydroxyl groups excluding tert-OH is 1. The second-order valence-corrected chi connectivity index (χ2v) is 9.52. The van der Waals surface area contributed by atoms with Gasteiger partial charge in [0.25, 0.3) is 0 Å². The van der Waals surface area contributed by atoms with Gasteiger partial charge in [0, 0.05) is 23.9 Å². The van der Waals surface area contributed by atoms with Gasteiger partial charge in [0.1, 0.15) is 6.61 Å². The Morgan fingerprint density at radius 1 is 1.33 bits per heavy atom. The molecule has 4 nitrogen and oxygen atoms in total. The van der Waals surface area contributed by atoms with Crippen LogP contribution in [0.15, 0.2) is 35.5 Å². The highest BCUT2D eigenvalue weighted by molar-refractivity contribution is 6.01. The maximum atomic E-state index is 12.4.